The Balaban J connectivity index is 2.39. The summed E-state index contributed by atoms with van der Waals surface area (Å²) in [6, 6.07) is 5.19. The van der Waals surface area contributed by atoms with Crippen LogP contribution in [-0.2, 0) is 9.53 Å². The molecule has 1 aromatic carbocycles. The molecule has 0 spiro atoms. The quantitative estimate of drug-likeness (QED) is 0.462. The van der Waals surface area contributed by atoms with Crippen LogP contribution in [0.4, 0.5) is 11.4 Å². The van der Waals surface area contributed by atoms with Crippen LogP contribution < -0.4 is 4.90 Å². The summed E-state index contributed by atoms with van der Waals surface area (Å²) >= 11 is 0. The molecule has 0 atom stereocenters. The minimum Gasteiger partial charge on any atom is -0.378 e. The van der Waals surface area contributed by atoms with Crippen molar-refractivity contribution in [3.63, 3.8) is 0 Å². The van der Waals surface area contributed by atoms with E-state index in [0.29, 0.717) is 24.5 Å². The number of Topliss-reactive ketones (excluding diaryl/α,β-unsaturated/α-hetero) is 1. The van der Waals surface area contributed by atoms with Crippen molar-refractivity contribution in [3.8, 4) is 0 Å². The van der Waals surface area contributed by atoms with E-state index in [1.54, 1.807) is 12.1 Å². The van der Waals surface area contributed by atoms with Crippen molar-refractivity contribution in [1.29, 1.82) is 0 Å². The number of morpholine rings is 1. The first-order valence-electron chi connectivity index (χ1n) is 5.78. The number of ketones is 1. The summed E-state index contributed by atoms with van der Waals surface area (Å²) in [7, 11) is 0. The number of benzene rings is 1. The molecule has 1 saturated heterocycles. The molecular weight excluding hydrogens is 232 g/mol. The van der Waals surface area contributed by atoms with Gasteiger partial charge in [0.2, 0.25) is 6.08 Å². The third kappa shape index (κ3) is 2.64. The molecule has 2 rings (SSSR count). The lowest BCUT2D eigenvalue weighted by molar-refractivity contribution is 0.101. The van der Waals surface area contributed by atoms with Gasteiger partial charge in [-0.1, -0.05) is 0 Å². The highest BCUT2D eigenvalue weighted by molar-refractivity contribution is 5.96. The first-order valence-corrected chi connectivity index (χ1v) is 5.78. The SMILES string of the molecule is CC(=O)c1ccc(N2CCOCC2)c(N=C=O)c1. The number of aliphatic imine (C=N–C) groups is 1. The van der Waals surface area contributed by atoms with Gasteiger partial charge in [0.15, 0.2) is 5.78 Å². The van der Waals surface area contributed by atoms with Crippen LogP contribution in [0.15, 0.2) is 23.2 Å². The predicted molar refractivity (Wildman–Crippen MR) is 67.3 cm³/mol. The molecule has 18 heavy (non-hydrogen) atoms. The maximum Gasteiger partial charge on any atom is 0.240 e. The van der Waals surface area contributed by atoms with E-state index < -0.39 is 0 Å². The molecule has 0 saturated carbocycles. The fraction of sp³-hybridized carbons (Fsp3) is 0.385. The van der Waals surface area contributed by atoms with Gasteiger partial charge in [0, 0.05) is 18.7 Å². The highest BCUT2D eigenvalue weighted by Gasteiger charge is 2.15. The zero-order chi connectivity index (χ0) is 13.0. The van der Waals surface area contributed by atoms with Crippen molar-refractivity contribution in [2.24, 2.45) is 4.99 Å². The van der Waals surface area contributed by atoms with Crippen molar-refractivity contribution in [2.45, 2.75) is 6.92 Å². The van der Waals surface area contributed by atoms with Crippen LogP contribution in [-0.4, -0.2) is 38.2 Å². The van der Waals surface area contributed by atoms with E-state index in [1.165, 1.54) is 13.0 Å². The van der Waals surface area contributed by atoms with E-state index in [0.717, 1.165) is 18.8 Å². The van der Waals surface area contributed by atoms with Gasteiger partial charge in [0.05, 0.1) is 18.9 Å². The van der Waals surface area contributed by atoms with Crippen LogP contribution in [0.2, 0.25) is 0 Å². The molecule has 1 aromatic rings. The first-order chi connectivity index (χ1) is 8.72. The van der Waals surface area contributed by atoms with Crippen molar-refractivity contribution >= 4 is 23.2 Å². The summed E-state index contributed by atoms with van der Waals surface area (Å²) in [6.07, 6.45) is 1.54. The smallest absolute Gasteiger partial charge is 0.240 e. The topological polar surface area (TPSA) is 59.0 Å². The average molecular weight is 246 g/mol. The lowest BCUT2D eigenvalue weighted by atomic mass is 10.1. The molecule has 94 valence electrons. The molecule has 1 heterocycles. The number of anilines is 1. The van der Waals surface area contributed by atoms with E-state index in [-0.39, 0.29) is 5.78 Å². The number of carbonyl (C=O) groups is 1. The summed E-state index contributed by atoms with van der Waals surface area (Å²) < 4.78 is 5.28. The minimum absolute atomic E-state index is 0.0501. The van der Waals surface area contributed by atoms with Gasteiger partial charge >= 0.3 is 0 Å². The highest BCUT2D eigenvalue weighted by Crippen LogP contribution is 2.30. The zero-order valence-electron chi connectivity index (χ0n) is 10.2. The van der Waals surface area contributed by atoms with Gasteiger partial charge in [0.1, 0.15) is 5.69 Å². The molecular formula is C13H14N2O3. The van der Waals surface area contributed by atoms with E-state index in [9.17, 15) is 9.59 Å². The molecule has 0 amide bonds. The molecule has 0 bridgehead atoms. The Morgan fingerprint density at radius 1 is 1.39 bits per heavy atom. The Hall–Kier alpha value is -1.97. The molecule has 1 fully saturated rings. The van der Waals surface area contributed by atoms with Gasteiger partial charge in [-0.05, 0) is 25.1 Å². The van der Waals surface area contributed by atoms with Crippen LogP contribution in [0.3, 0.4) is 0 Å². The second-order valence-electron chi connectivity index (χ2n) is 4.06. The van der Waals surface area contributed by atoms with Crippen LogP contribution in [0.5, 0.6) is 0 Å². The normalized spacial score (nSPS) is 15.1. The Morgan fingerprint density at radius 3 is 2.72 bits per heavy atom. The van der Waals surface area contributed by atoms with Gasteiger partial charge in [0.25, 0.3) is 0 Å². The van der Waals surface area contributed by atoms with E-state index in [4.69, 9.17) is 4.74 Å². The van der Waals surface area contributed by atoms with Crippen molar-refractivity contribution < 1.29 is 14.3 Å². The van der Waals surface area contributed by atoms with Crippen molar-refractivity contribution in [2.75, 3.05) is 31.2 Å². The Bertz CT molecular complexity index is 501. The summed E-state index contributed by atoms with van der Waals surface area (Å²) in [5, 5.41) is 0. The second kappa shape index (κ2) is 5.58. The van der Waals surface area contributed by atoms with Gasteiger partial charge < -0.3 is 9.64 Å². The second-order valence-corrected chi connectivity index (χ2v) is 4.06. The molecule has 5 heteroatoms. The van der Waals surface area contributed by atoms with Crippen LogP contribution >= 0.6 is 0 Å². The zero-order valence-corrected chi connectivity index (χ0v) is 10.2. The number of hydrogen-bond donors (Lipinski definition) is 0. The first kappa shape index (κ1) is 12.5. The van der Waals surface area contributed by atoms with Gasteiger partial charge in [-0.15, -0.1) is 0 Å². The average Bonchev–Trinajstić information content (AvgIpc) is 2.40. The Morgan fingerprint density at radius 2 is 2.11 bits per heavy atom. The fourth-order valence-electron chi connectivity index (χ4n) is 1.95. The number of hydrogen-bond acceptors (Lipinski definition) is 5. The van der Waals surface area contributed by atoms with E-state index >= 15 is 0 Å². The monoisotopic (exact) mass is 246 g/mol. The van der Waals surface area contributed by atoms with Crippen molar-refractivity contribution in [3.05, 3.63) is 23.8 Å². The third-order valence-electron chi connectivity index (χ3n) is 2.90. The van der Waals surface area contributed by atoms with Crippen molar-refractivity contribution in [1.82, 2.24) is 0 Å². The molecule has 0 aliphatic carbocycles. The number of carbonyl (C=O) groups excluding carboxylic acids is 2. The van der Waals surface area contributed by atoms with Gasteiger partial charge in [-0.2, -0.15) is 4.99 Å². The number of nitrogens with zero attached hydrogens (tertiary/aromatic N) is 2. The van der Waals surface area contributed by atoms with Gasteiger partial charge in [-0.3, -0.25) is 4.79 Å². The molecule has 1 aliphatic heterocycles. The van der Waals surface area contributed by atoms with Crippen LogP contribution in [0.25, 0.3) is 0 Å². The maximum absolute atomic E-state index is 11.3. The predicted octanol–water partition coefficient (Wildman–Crippen LogP) is 1.69. The summed E-state index contributed by atoms with van der Waals surface area (Å²) in [6.45, 7) is 4.29. The third-order valence-corrected chi connectivity index (χ3v) is 2.90. The molecule has 1 aliphatic rings. The Kier molecular flexibility index (Phi) is 3.87. The molecule has 0 radical (unpaired) electrons. The fourth-order valence-corrected chi connectivity index (χ4v) is 1.95. The lowest BCUT2D eigenvalue weighted by Gasteiger charge is -2.29. The summed E-state index contributed by atoms with van der Waals surface area (Å²) in [5.74, 6) is -0.0501. The minimum atomic E-state index is -0.0501. The Labute approximate surface area is 105 Å². The molecule has 5 nitrogen and oxygen atoms in total. The largest absolute Gasteiger partial charge is 0.378 e. The lowest BCUT2D eigenvalue weighted by Crippen LogP contribution is -2.36. The van der Waals surface area contributed by atoms with E-state index in [2.05, 4.69) is 9.89 Å². The van der Waals surface area contributed by atoms with Crippen LogP contribution in [0.1, 0.15) is 17.3 Å². The molecule has 0 unspecified atom stereocenters. The van der Waals surface area contributed by atoms with Gasteiger partial charge in [-0.25, -0.2) is 4.79 Å². The summed E-state index contributed by atoms with van der Waals surface area (Å²) in [4.78, 5) is 27.6. The maximum atomic E-state index is 11.3. The molecule has 0 N–H and O–H groups in total. The summed E-state index contributed by atoms with van der Waals surface area (Å²) in [5.41, 5.74) is 1.87. The number of isocyanates is 1. The standard InChI is InChI=1S/C13H14N2O3/c1-10(17)11-2-3-13(12(8-11)14-9-16)15-4-6-18-7-5-15/h2-3,8H,4-7H2,1H3. The van der Waals surface area contributed by atoms with Crippen LogP contribution in [0, 0.1) is 0 Å². The number of ether oxygens (including phenoxy) is 1. The number of rotatable bonds is 3. The van der Waals surface area contributed by atoms with E-state index in [1.807, 2.05) is 6.07 Å². The molecule has 0 aromatic heterocycles. The highest BCUT2D eigenvalue weighted by atomic mass is 16.5.